The topological polar surface area (TPSA) is 104 Å². The van der Waals surface area contributed by atoms with Crippen LogP contribution in [0.5, 0.6) is 0 Å². The Kier molecular flexibility index (Phi) is 6.23. The van der Waals surface area contributed by atoms with Gasteiger partial charge >= 0.3 is 0 Å². The quantitative estimate of drug-likeness (QED) is 0.325. The van der Waals surface area contributed by atoms with Crippen LogP contribution in [0.1, 0.15) is 35.1 Å². The predicted octanol–water partition coefficient (Wildman–Crippen LogP) is 5.41. The number of rotatable bonds is 6. The number of pyridine rings is 2. The van der Waals surface area contributed by atoms with Gasteiger partial charge in [-0.15, -0.1) is 11.3 Å². The zero-order valence-corrected chi connectivity index (χ0v) is 22.2. The smallest absolute Gasteiger partial charge is 0.248 e. The number of aromatic nitrogens is 4. The summed E-state index contributed by atoms with van der Waals surface area (Å²) in [7, 11) is -3.92. The van der Waals surface area contributed by atoms with Gasteiger partial charge in [0.25, 0.3) is 0 Å². The average molecular weight is 518 g/mol. The van der Waals surface area contributed by atoms with E-state index >= 15 is 0 Å². The van der Waals surface area contributed by atoms with E-state index < -0.39 is 10.0 Å². The molecule has 4 heterocycles. The number of benzene rings is 1. The summed E-state index contributed by atoms with van der Waals surface area (Å²) >= 11 is 1.17. The Balaban J connectivity index is 1.54. The van der Waals surface area contributed by atoms with Crippen LogP contribution in [0.3, 0.4) is 0 Å². The van der Waals surface area contributed by atoms with Crippen molar-refractivity contribution in [2.24, 2.45) is 5.14 Å². The van der Waals surface area contributed by atoms with Crippen molar-refractivity contribution in [1.29, 1.82) is 0 Å². The van der Waals surface area contributed by atoms with Gasteiger partial charge in [0.15, 0.2) is 5.65 Å². The number of hydrogen-bond acceptors (Lipinski definition) is 6. The van der Waals surface area contributed by atoms with Gasteiger partial charge in [0, 0.05) is 28.8 Å². The first-order chi connectivity index (χ1) is 17.2. The van der Waals surface area contributed by atoms with Crippen molar-refractivity contribution in [2.45, 2.75) is 44.9 Å². The summed E-state index contributed by atoms with van der Waals surface area (Å²) in [5.41, 5.74) is 7.94. The maximum atomic E-state index is 12.4. The molecule has 36 heavy (non-hydrogen) atoms. The fourth-order valence-corrected chi connectivity index (χ4v) is 6.68. The summed E-state index contributed by atoms with van der Waals surface area (Å²) in [5.74, 6) is 0.965. The molecule has 5 aromatic rings. The molecule has 0 amide bonds. The highest BCUT2D eigenvalue weighted by molar-refractivity contribution is 7.91. The first-order valence-electron chi connectivity index (χ1n) is 11.7. The highest BCUT2D eigenvalue weighted by Crippen LogP contribution is 2.40. The lowest BCUT2D eigenvalue weighted by atomic mass is 10.1. The average Bonchev–Trinajstić information content (AvgIpc) is 3.43. The number of thiophene rings is 1. The van der Waals surface area contributed by atoms with Crippen LogP contribution in [0.25, 0.3) is 32.9 Å². The second-order valence-electron chi connectivity index (χ2n) is 8.94. The zero-order valence-electron chi connectivity index (χ0n) is 20.6. The lowest BCUT2D eigenvalue weighted by Gasteiger charge is -2.09. The van der Waals surface area contributed by atoms with Crippen molar-refractivity contribution in [1.82, 2.24) is 19.5 Å². The summed E-state index contributed by atoms with van der Waals surface area (Å²) in [6, 6.07) is 15.6. The number of nitrogens with zero attached hydrogens (tertiary/aromatic N) is 4. The van der Waals surface area contributed by atoms with Gasteiger partial charge in [-0.25, -0.2) is 23.5 Å². The SMILES string of the molecule is CCc1nc2c(C)cc(C)nc2n1Cc1ccc(-c2cc(-c3ccccc3C)sc2S(N)(=O)=O)nc1. The van der Waals surface area contributed by atoms with Crippen LogP contribution in [0.4, 0.5) is 0 Å². The van der Waals surface area contributed by atoms with E-state index in [0.717, 1.165) is 56.2 Å². The normalized spacial score (nSPS) is 11.9. The van der Waals surface area contributed by atoms with Crippen LogP contribution in [-0.4, -0.2) is 27.9 Å². The monoisotopic (exact) mass is 517 g/mol. The van der Waals surface area contributed by atoms with Gasteiger partial charge in [-0.2, -0.15) is 0 Å². The van der Waals surface area contributed by atoms with E-state index in [9.17, 15) is 8.42 Å². The van der Waals surface area contributed by atoms with Crippen LogP contribution in [0.2, 0.25) is 0 Å². The van der Waals surface area contributed by atoms with Crippen LogP contribution >= 0.6 is 11.3 Å². The summed E-state index contributed by atoms with van der Waals surface area (Å²) in [6.07, 6.45) is 2.57. The van der Waals surface area contributed by atoms with E-state index in [1.807, 2.05) is 62.4 Å². The van der Waals surface area contributed by atoms with Crippen molar-refractivity contribution in [3.8, 4) is 21.7 Å². The second kappa shape index (κ2) is 9.24. The molecule has 0 fully saturated rings. The van der Waals surface area contributed by atoms with Crippen molar-refractivity contribution in [3.05, 3.63) is 82.9 Å². The molecule has 0 aliphatic rings. The number of fused-ring (bicyclic) bond motifs is 1. The Morgan fingerprint density at radius 3 is 2.42 bits per heavy atom. The molecule has 5 rings (SSSR count). The van der Waals surface area contributed by atoms with Crippen molar-refractivity contribution < 1.29 is 8.42 Å². The molecule has 0 unspecified atom stereocenters. The van der Waals surface area contributed by atoms with Crippen LogP contribution < -0.4 is 5.14 Å². The molecular weight excluding hydrogens is 490 g/mol. The standard InChI is InChI=1S/C27H27N5O2S2/c1-5-24-31-25-17(3)12-18(4)30-26(25)32(24)15-19-10-11-22(29-14-19)21-13-23(35-27(21)36(28,33)34)20-9-7-6-8-16(20)2/h6-14H,5,15H2,1-4H3,(H2,28,33,34). The lowest BCUT2D eigenvalue weighted by Crippen LogP contribution is -2.11. The molecule has 7 nitrogen and oxygen atoms in total. The first-order valence-corrected chi connectivity index (χ1v) is 14.0. The molecule has 0 radical (unpaired) electrons. The van der Waals surface area contributed by atoms with Gasteiger partial charge in [0.2, 0.25) is 10.0 Å². The Morgan fingerprint density at radius 2 is 1.75 bits per heavy atom. The summed E-state index contributed by atoms with van der Waals surface area (Å²) in [6.45, 7) is 8.70. The first kappa shape index (κ1) is 24.3. The minimum atomic E-state index is -3.92. The van der Waals surface area contributed by atoms with Gasteiger partial charge in [0.05, 0.1) is 12.2 Å². The van der Waals surface area contributed by atoms with Crippen LogP contribution in [-0.2, 0) is 23.0 Å². The second-order valence-corrected chi connectivity index (χ2v) is 11.8. The predicted molar refractivity (Wildman–Crippen MR) is 145 cm³/mol. The third-order valence-corrected chi connectivity index (χ3v) is 8.87. The van der Waals surface area contributed by atoms with Gasteiger partial charge in [0.1, 0.15) is 15.6 Å². The van der Waals surface area contributed by atoms with Gasteiger partial charge in [-0.05, 0) is 61.2 Å². The molecule has 0 saturated carbocycles. The molecule has 0 atom stereocenters. The molecule has 184 valence electrons. The molecule has 0 bridgehead atoms. The highest BCUT2D eigenvalue weighted by atomic mass is 32.2. The summed E-state index contributed by atoms with van der Waals surface area (Å²) in [5, 5.41) is 5.59. The number of nitrogens with two attached hydrogens (primary N) is 1. The minimum absolute atomic E-state index is 0.116. The lowest BCUT2D eigenvalue weighted by molar-refractivity contribution is 0.600. The van der Waals surface area contributed by atoms with E-state index in [1.165, 1.54) is 11.3 Å². The number of aryl methyl sites for hydroxylation is 4. The van der Waals surface area contributed by atoms with Gasteiger partial charge < -0.3 is 4.57 Å². The Bertz CT molecular complexity index is 1700. The molecule has 0 aliphatic heterocycles. The van der Waals surface area contributed by atoms with E-state index in [0.29, 0.717) is 17.8 Å². The molecule has 0 aliphatic carbocycles. The van der Waals surface area contributed by atoms with E-state index in [-0.39, 0.29) is 4.21 Å². The van der Waals surface area contributed by atoms with Gasteiger partial charge in [-0.1, -0.05) is 37.3 Å². The molecular formula is C27H27N5O2S2. The zero-order chi connectivity index (χ0) is 25.6. The fraction of sp³-hybridized carbons (Fsp3) is 0.222. The molecule has 9 heteroatoms. The van der Waals surface area contributed by atoms with E-state index in [4.69, 9.17) is 15.1 Å². The van der Waals surface area contributed by atoms with Crippen molar-refractivity contribution in [2.75, 3.05) is 0 Å². The molecule has 1 aromatic carbocycles. The molecule has 0 saturated heterocycles. The third kappa shape index (κ3) is 4.45. The molecule has 0 spiro atoms. The number of primary sulfonamides is 1. The minimum Gasteiger partial charge on any atom is -0.308 e. The van der Waals surface area contributed by atoms with Gasteiger partial charge in [-0.3, -0.25) is 4.98 Å². The number of hydrogen-bond donors (Lipinski definition) is 1. The Hall–Kier alpha value is -3.40. The maximum Gasteiger partial charge on any atom is 0.248 e. The van der Waals surface area contributed by atoms with E-state index in [2.05, 4.69) is 23.4 Å². The number of sulfonamides is 1. The molecule has 4 aromatic heterocycles. The summed E-state index contributed by atoms with van der Waals surface area (Å²) < 4.78 is 27.1. The Labute approximate surface area is 214 Å². The Morgan fingerprint density at radius 1 is 0.972 bits per heavy atom. The third-order valence-electron chi connectivity index (χ3n) is 6.23. The summed E-state index contributed by atoms with van der Waals surface area (Å²) in [4.78, 5) is 15.0. The van der Waals surface area contributed by atoms with Crippen LogP contribution in [0, 0.1) is 20.8 Å². The highest BCUT2D eigenvalue weighted by Gasteiger charge is 2.22. The van der Waals surface area contributed by atoms with E-state index in [1.54, 1.807) is 6.20 Å². The van der Waals surface area contributed by atoms with Crippen LogP contribution in [0.15, 0.2) is 58.9 Å². The fourth-order valence-electron chi connectivity index (χ4n) is 4.49. The number of imidazole rings is 1. The maximum absolute atomic E-state index is 12.4. The van der Waals surface area contributed by atoms with Crippen molar-refractivity contribution in [3.63, 3.8) is 0 Å². The van der Waals surface area contributed by atoms with Crippen molar-refractivity contribution >= 4 is 32.5 Å². The largest absolute Gasteiger partial charge is 0.308 e. The molecule has 2 N–H and O–H groups in total.